The molecule has 37 heavy (non-hydrogen) atoms. The quantitative estimate of drug-likeness (QED) is 0.530. The first-order valence-corrected chi connectivity index (χ1v) is 12.5. The summed E-state index contributed by atoms with van der Waals surface area (Å²) in [5.41, 5.74) is 2.08. The third-order valence-corrected chi connectivity index (χ3v) is 7.05. The molecule has 0 aliphatic carbocycles. The molecule has 2 aromatic carbocycles. The fourth-order valence-corrected chi connectivity index (χ4v) is 5.09. The molecule has 0 unspecified atom stereocenters. The lowest BCUT2D eigenvalue weighted by Gasteiger charge is -2.36. The molecule has 0 radical (unpaired) electrons. The highest BCUT2D eigenvalue weighted by atomic mass is 19.3. The van der Waals surface area contributed by atoms with Gasteiger partial charge in [-0.25, -0.2) is 4.98 Å². The number of likely N-dealkylation sites (N-methyl/N-ethyl adjacent to an activating group) is 1. The Morgan fingerprint density at radius 3 is 2.43 bits per heavy atom. The van der Waals surface area contributed by atoms with E-state index in [-0.39, 0.29) is 23.4 Å². The number of anilines is 1. The molecule has 0 spiro atoms. The summed E-state index contributed by atoms with van der Waals surface area (Å²) in [6, 6.07) is 16.7. The summed E-state index contributed by atoms with van der Waals surface area (Å²) in [5, 5.41) is 10.5. The molecule has 194 valence electrons. The van der Waals surface area contributed by atoms with E-state index in [1.54, 1.807) is 48.5 Å². The summed E-state index contributed by atoms with van der Waals surface area (Å²) in [5.74, 6) is 0.752. The lowest BCUT2D eigenvalue weighted by molar-refractivity contribution is -0.134. The van der Waals surface area contributed by atoms with Gasteiger partial charge in [0.2, 0.25) is 5.91 Å². The van der Waals surface area contributed by atoms with E-state index in [1.165, 1.54) is 6.07 Å². The van der Waals surface area contributed by atoms with Crippen molar-refractivity contribution in [2.45, 2.75) is 25.5 Å². The van der Waals surface area contributed by atoms with Crippen LogP contribution in [0.15, 0.2) is 60.7 Å². The highest BCUT2D eigenvalue weighted by Gasteiger charge is 2.35. The van der Waals surface area contributed by atoms with Crippen molar-refractivity contribution < 1.29 is 23.4 Å². The van der Waals surface area contributed by atoms with Gasteiger partial charge in [0.05, 0.1) is 5.69 Å². The number of amides is 1. The van der Waals surface area contributed by atoms with Crippen LogP contribution in [0, 0.1) is 0 Å². The Morgan fingerprint density at radius 1 is 1.00 bits per heavy atom. The van der Waals surface area contributed by atoms with Crippen LogP contribution in [0.4, 0.5) is 14.6 Å². The third-order valence-electron chi connectivity index (χ3n) is 7.05. The van der Waals surface area contributed by atoms with E-state index in [0.29, 0.717) is 54.3 Å². The number of carbonyl (C=O) groups excluding carboxylic acids is 1. The summed E-state index contributed by atoms with van der Waals surface area (Å²) >= 11 is 0. The highest BCUT2D eigenvalue weighted by Crippen LogP contribution is 2.38. The fraction of sp³-hybridized carbons (Fsp3) is 0.357. The number of aromatic nitrogens is 1. The first-order valence-electron chi connectivity index (χ1n) is 12.5. The van der Waals surface area contributed by atoms with Gasteiger partial charge < -0.3 is 24.5 Å². The maximum Gasteiger partial charge on any atom is 0.387 e. The predicted molar refractivity (Wildman–Crippen MR) is 138 cm³/mol. The van der Waals surface area contributed by atoms with E-state index in [0.717, 1.165) is 19.5 Å². The number of hydrogen-bond acceptors (Lipinski definition) is 6. The number of halogens is 2. The van der Waals surface area contributed by atoms with Crippen LogP contribution in [0.5, 0.6) is 11.5 Å². The maximum absolute atomic E-state index is 13.5. The minimum Gasteiger partial charge on any atom is -0.507 e. The maximum atomic E-state index is 13.5. The molecule has 2 aliphatic heterocycles. The zero-order valence-corrected chi connectivity index (χ0v) is 20.7. The van der Waals surface area contributed by atoms with Gasteiger partial charge in [-0.15, -0.1) is 0 Å². The van der Waals surface area contributed by atoms with E-state index in [9.17, 15) is 18.7 Å². The summed E-state index contributed by atoms with van der Waals surface area (Å²) in [4.78, 5) is 24.5. The molecule has 1 N–H and O–H groups in total. The molecule has 1 atom stereocenters. The minimum atomic E-state index is -2.97. The van der Waals surface area contributed by atoms with E-state index in [4.69, 9.17) is 9.72 Å². The molecule has 2 aliphatic rings. The Balaban J connectivity index is 1.57. The topological polar surface area (TPSA) is 69.1 Å². The van der Waals surface area contributed by atoms with Crippen LogP contribution in [0.25, 0.3) is 22.4 Å². The average Bonchev–Trinajstić information content (AvgIpc) is 3.39. The van der Waals surface area contributed by atoms with Gasteiger partial charge in [0, 0.05) is 43.9 Å². The number of phenolic OH excluding ortho intramolecular Hbond substituents is 1. The molecular weight excluding hydrogens is 478 g/mol. The lowest BCUT2D eigenvalue weighted by atomic mass is 10.0. The number of phenols is 1. The van der Waals surface area contributed by atoms with Crippen LogP contribution in [-0.2, 0) is 4.79 Å². The average molecular weight is 509 g/mol. The molecule has 1 amide bonds. The van der Waals surface area contributed by atoms with E-state index >= 15 is 0 Å². The van der Waals surface area contributed by atoms with E-state index in [1.807, 2.05) is 15.9 Å². The van der Waals surface area contributed by atoms with Gasteiger partial charge in [-0.3, -0.25) is 4.79 Å². The van der Waals surface area contributed by atoms with Crippen molar-refractivity contribution in [1.29, 1.82) is 0 Å². The number of ether oxygens (including phenoxy) is 1. The zero-order valence-electron chi connectivity index (χ0n) is 20.7. The number of carbonyl (C=O) groups is 1. The largest absolute Gasteiger partial charge is 0.507 e. The van der Waals surface area contributed by atoms with E-state index < -0.39 is 6.61 Å². The number of pyridine rings is 1. The van der Waals surface area contributed by atoms with Crippen LogP contribution in [-0.4, -0.2) is 78.2 Å². The van der Waals surface area contributed by atoms with Crippen LogP contribution < -0.4 is 9.64 Å². The number of hydrogen-bond donors (Lipinski definition) is 1. The van der Waals surface area contributed by atoms with Gasteiger partial charge in [0.1, 0.15) is 23.4 Å². The number of rotatable bonds is 6. The highest BCUT2D eigenvalue weighted by molar-refractivity contribution is 5.87. The molecule has 3 aromatic rings. The Kier molecular flexibility index (Phi) is 7.23. The fourth-order valence-electron chi connectivity index (χ4n) is 5.09. The summed E-state index contributed by atoms with van der Waals surface area (Å²) in [6.45, 7) is 0.734. The molecule has 3 heterocycles. The molecule has 0 saturated carbocycles. The molecule has 9 heteroatoms. The summed E-state index contributed by atoms with van der Waals surface area (Å²) < 4.78 is 31.1. The molecular formula is C28H30F2N4O3. The Morgan fingerprint density at radius 2 is 1.70 bits per heavy atom. The summed E-state index contributed by atoms with van der Waals surface area (Å²) in [6.07, 6.45) is 1.56. The molecule has 1 aromatic heterocycles. The third kappa shape index (κ3) is 5.36. The summed E-state index contributed by atoms with van der Waals surface area (Å²) in [7, 11) is 2.05. The monoisotopic (exact) mass is 508 g/mol. The van der Waals surface area contributed by atoms with Gasteiger partial charge in [-0.2, -0.15) is 8.78 Å². The number of para-hydroxylation sites is 2. The van der Waals surface area contributed by atoms with Crippen molar-refractivity contribution in [3.8, 4) is 33.9 Å². The van der Waals surface area contributed by atoms with Crippen LogP contribution in [0.1, 0.15) is 12.8 Å². The lowest BCUT2D eigenvalue weighted by Crippen LogP contribution is -2.53. The van der Waals surface area contributed by atoms with Crippen molar-refractivity contribution in [2.75, 3.05) is 44.7 Å². The minimum absolute atomic E-state index is 0.0457. The first-order chi connectivity index (χ1) is 17.9. The zero-order chi connectivity index (χ0) is 25.9. The van der Waals surface area contributed by atoms with Crippen molar-refractivity contribution in [3.05, 3.63) is 60.7 Å². The molecule has 7 nitrogen and oxygen atoms in total. The van der Waals surface area contributed by atoms with Gasteiger partial charge in [0.15, 0.2) is 0 Å². The molecule has 5 rings (SSSR count). The number of nitrogens with zero attached hydrogens (tertiary/aromatic N) is 4. The van der Waals surface area contributed by atoms with Crippen molar-refractivity contribution in [1.82, 2.24) is 14.8 Å². The molecule has 0 bridgehead atoms. The Labute approximate surface area is 214 Å². The SMILES string of the molecule is CN1CCN(C(=O)[C@@H]2CCCN2c2cc(-c3ccccc3OC(F)F)cc(-c3ccccc3O)n2)CC1. The van der Waals surface area contributed by atoms with Gasteiger partial charge in [-0.05, 0) is 55.8 Å². The number of aromatic hydroxyl groups is 1. The predicted octanol–water partition coefficient (Wildman–Crippen LogP) is 4.47. The standard InChI is InChI=1S/C28H30F2N4O3/c1-32-13-15-33(16-14-32)27(36)23-9-6-12-34(23)26-18-19(20-7-3-5-11-25(20)37-28(29)30)17-22(31-26)21-8-2-4-10-24(21)35/h2-5,7-8,10-11,17-18,23,28,35H,6,9,12-16H2,1H3/t23-/m0/s1. The van der Waals surface area contributed by atoms with Crippen molar-refractivity contribution in [3.63, 3.8) is 0 Å². The first kappa shape index (κ1) is 25.0. The van der Waals surface area contributed by atoms with Crippen LogP contribution in [0.2, 0.25) is 0 Å². The number of alkyl halides is 2. The number of benzene rings is 2. The molecule has 2 fully saturated rings. The van der Waals surface area contributed by atoms with Crippen molar-refractivity contribution >= 4 is 11.7 Å². The normalized spacial score (nSPS) is 18.4. The van der Waals surface area contributed by atoms with Gasteiger partial charge in [-0.1, -0.05) is 30.3 Å². The van der Waals surface area contributed by atoms with Crippen LogP contribution in [0.3, 0.4) is 0 Å². The Hall–Kier alpha value is -3.72. The smallest absolute Gasteiger partial charge is 0.387 e. The van der Waals surface area contributed by atoms with E-state index in [2.05, 4.69) is 11.9 Å². The second kappa shape index (κ2) is 10.7. The number of piperazine rings is 1. The van der Waals surface area contributed by atoms with Crippen molar-refractivity contribution in [2.24, 2.45) is 0 Å². The molecule has 2 saturated heterocycles. The second-order valence-electron chi connectivity index (χ2n) is 9.47. The van der Waals surface area contributed by atoms with Gasteiger partial charge >= 0.3 is 6.61 Å². The Bertz CT molecular complexity index is 1260. The van der Waals surface area contributed by atoms with Crippen LogP contribution >= 0.6 is 0 Å². The van der Waals surface area contributed by atoms with Gasteiger partial charge in [0.25, 0.3) is 0 Å². The second-order valence-corrected chi connectivity index (χ2v) is 9.47.